The summed E-state index contributed by atoms with van der Waals surface area (Å²) in [6.45, 7) is 1.45. The molecule has 4 rings (SSSR count). The largest absolute Gasteiger partial charge is 0.495 e. The number of nitrogens with one attached hydrogen (secondary N) is 1. The number of benzene rings is 2. The fraction of sp³-hybridized carbons (Fsp3) is 0.238. The van der Waals surface area contributed by atoms with Crippen molar-refractivity contribution in [2.75, 3.05) is 38.7 Å². The summed E-state index contributed by atoms with van der Waals surface area (Å²) in [7, 11) is -2.06. The van der Waals surface area contributed by atoms with Crippen molar-refractivity contribution < 1.29 is 22.7 Å². The van der Waals surface area contributed by atoms with Crippen LogP contribution < -0.4 is 10.1 Å². The van der Waals surface area contributed by atoms with Crippen LogP contribution in [0.5, 0.6) is 5.75 Å². The highest BCUT2D eigenvalue weighted by atomic mass is 35.5. The van der Waals surface area contributed by atoms with Gasteiger partial charge < -0.3 is 19.4 Å². The topological polar surface area (TPSA) is 103 Å². The van der Waals surface area contributed by atoms with Gasteiger partial charge in [-0.15, -0.1) is 0 Å². The van der Waals surface area contributed by atoms with Crippen LogP contribution in [0, 0.1) is 0 Å². The van der Waals surface area contributed by atoms with E-state index in [1.807, 2.05) is 0 Å². The second-order valence-corrected chi connectivity index (χ2v) is 9.33. The van der Waals surface area contributed by atoms with Crippen LogP contribution in [0.2, 0.25) is 5.02 Å². The molecule has 0 spiro atoms. The number of sulfonamides is 1. The van der Waals surface area contributed by atoms with Crippen molar-refractivity contribution in [2.24, 2.45) is 0 Å². The average molecular weight is 477 g/mol. The van der Waals surface area contributed by atoms with Crippen molar-refractivity contribution in [3.63, 3.8) is 0 Å². The number of aromatic nitrogens is 2. The van der Waals surface area contributed by atoms with Crippen molar-refractivity contribution in [1.82, 2.24) is 13.9 Å². The lowest BCUT2D eigenvalue weighted by molar-refractivity contribution is 0.0730. The van der Waals surface area contributed by atoms with Crippen molar-refractivity contribution in [3.05, 3.63) is 65.7 Å². The predicted octanol–water partition coefficient (Wildman–Crippen LogP) is 2.81. The van der Waals surface area contributed by atoms with Crippen molar-refractivity contribution in [2.45, 2.75) is 4.90 Å². The Balaban J connectivity index is 1.47. The molecule has 11 heteroatoms. The van der Waals surface area contributed by atoms with Crippen LogP contribution in [-0.2, 0) is 14.8 Å². The van der Waals surface area contributed by atoms with Crippen LogP contribution in [0.25, 0.3) is 5.69 Å². The maximum Gasteiger partial charge on any atom is 0.275 e. The molecule has 1 aliphatic heterocycles. The first-order chi connectivity index (χ1) is 15.4. The Bertz CT molecular complexity index is 1220. The Kier molecular flexibility index (Phi) is 6.47. The highest BCUT2D eigenvalue weighted by Gasteiger charge is 2.26. The lowest BCUT2D eigenvalue weighted by Crippen LogP contribution is -2.40. The summed E-state index contributed by atoms with van der Waals surface area (Å²) in [5, 5.41) is 3.11. The third-order valence-electron chi connectivity index (χ3n) is 4.97. The maximum absolute atomic E-state index is 12.7. The Morgan fingerprint density at radius 2 is 1.88 bits per heavy atom. The van der Waals surface area contributed by atoms with E-state index in [9.17, 15) is 13.2 Å². The Hall–Kier alpha value is -2.92. The summed E-state index contributed by atoms with van der Waals surface area (Å²) in [6, 6.07) is 11.3. The molecule has 1 amide bonds. The second-order valence-electron chi connectivity index (χ2n) is 6.98. The third kappa shape index (κ3) is 4.63. The van der Waals surface area contributed by atoms with Gasteiger partial charge in [0.25, 0.3) is 5.91 Å². The van der Waals surface area contributed by atoms with Gasteiger partial charge in [-0.2, -0.15) is 4.31 Å². The first kappa shape index (κ1) is 22.3. The van der Waals surface area contributed by atoms with Crippen LogP contribution in [0.3, 0.4) is 0 Å². The van der Waals surface area contributed by atoms with E-state index in [0.717, 1.165) is 0 Å². The standard InChI is InChI=1S/C21H21ClN4O5S/c1-30-20-7-2-15(12-18(20)22)24-21(27)19-13-25(14-23-19)16-3-5-17(6-4-16)32(28,29)26-8-10-31-11-9-26/h2-7,12-14H,8-11H2,1H3,(H,24,27). The zero-order valence-corrected chi connectivity index (χ0v) is 18.8. The van der Waals surface area contributed by atoms with Gasteiger partial charge in [0.05, 0.1) is 30.2 Å². The van der Waals surface area contributed by atoms with Gasteiger partial charge in [0.2, 0.25) is 10.0 Å². The van der Waals surface area contributed by atoms with Crippen LogP contribution in [0.1, 0.15) is 10.5 Å². The molecule has 0 saturated carbocycles. The number of methoxy groups -OCH3 is 1. The number of anilines is 1. The van der Waals surface area contributed by atoms with Gasteiger partial charge in [0, 0.05) is 30.7 Å². The van der Waals surface area contributed by atoms with Gasteiger partial charge >= 0.3 is 0 Å². The van der Waals surface area contributed by atoms with E-state index in [4.69, 9.17) is 21.1 Å². The number of imidazole rings is 1. The minimum Gasteiger partial charge on any atom is -0.495 e. The SMILES string of the molecule is COc1ccc(NC(=O)c2cn(-c3ccc(S(=O)(=O)N4CCOCC4)cc3)cn2)cc1Cl. The molecular formula is C21H21ClN4O5S. The van der Waals surface area contributed by atoms with Crippen LogP contribution >= 0.6 is 11.6 Å². The molecule has 1 N–H and O–H groups in total. The van der Waals surface area contributed by atoms with Crippen LogP contribution in [0.4, 0.5) is 5.69 Å². The summed E-state index contributed by atoms with van der Waals surface area (Å²) in [5.41, 5.74) is 1.37. The van der Waals surface area contributed by atoms with Crippen LogP contribution in [-0.4, -0.2) is 61.6 Å². The average Bonchev–Trinajstić information content (AvgIpc) is 3.30. The van der Waals surface area contributed by atoms with E-state index in [-0.39, 0.29) is 10.6 Å². The molecule has 1 aromatic heterocycles. The normalized spacial score (nSPS) is 14.8. The summed E-state index contributed by atoms with van der Waals surface area (Å²) in [5.74, 6) is 0.101. The van der Waals surface area contributed by atoms with E-state index < -0.39 is 15.9 Å². The molecule has 1 fully saturated rings. The highest BCUT2D eigenvalue weighted by Crippen LogP contribution is 2.27. The molecule has 0 atom stereocenters. The van der Waals surface area contributed by atoms with E-state index in [0.29, 0.717) is 48.5 Å². The predicted molar refractivity (Wildman–Crippen MR) is 119 cm³/mol. The van der Waals surface area contributed by atoms with E-state index >= 15 is 0 Å². The number of hydrogen-bond acceptors (Lipinski definition) is 6. The molecule has 3 aromatic rings. The number of nitrogens with zero attached hydrogens (tertiary/aromatic N) is 3. The zero-order valence-electron chi connectivity index (χ0n) is 17.2. The van der Waals surface area contributed by atoms with Gasteiger partial charge in [0.15, 0.2) is 0 Å². The van der Waals surface area contributed by atoms with E-state index in [1.54, 1.807) is 53.2 Å². The smallest absolute Gasteiger partial charge is 0.275 e. The van der Waals surface area contributed by atoms with Crippen molar-refractivity contribution in [3.8, 4) is 11.4 Å². The van der Waals surface area contributed by atoms with Gasteiger partial charge in [-0.3, -0.25) is 4.79 Å². The van der Waals surface area contributed by atoms with Gasteiger partial charge in [-0.25, -0.2) is 13.4 Å². The number of morpholine rings is 1. The fourth-order valence-electron chi connectivity index (χ4n) is 3.25. The zero-order chi connectivity index (χ0) is 22.7. The fourth-order valence-corrected chi connectivity index (χ4v) is 4.91. The number of ether oxygens (including phenoxy) is 2. The van der Waals surface area contributed by atoms with Crippen LogP contribution in [0.15, 0.2) is 59.9 Å². The number of halogens is 1. The summed E-state index contributed by atoms with van der Waals surface area (Å²) in [6.07, 6.45) is 3.05. The van der Waals surface area contributed by atoms with Crippen molar-refractivity contribution >= 4 is 33.2 Å². The lowest BCUT2D eigenvalue weighted by atomic mass is 10.3. The molecule has 0 bridgehead atoms. The summed E-state index contributed by atoms with van der Waals surface area (Å²) < 4.78 is 38.9. The number of rotatable bonds is 6. The molecule has 168 valence electrons. The molecule has 1 saturated heterocycles. The molecule has 32 heavy (non-hydrogen) atoms. The number of carbonyl (C=O) groups excluding carboxylic acids is 1. The summed E-state index contributed by atoms with van der Waals surface area (Å²) in [4.78, 5) is 16.9. The molecule has 9 nitrogen and oxygen atoms in total. The van der Waals surface area contributed by atoms with Gasteiger partial charge in [-0.1, -0.05) is 11.6 Å². The minimum atomic E-state index is -3.57. The highest BCUT2D eigenvalue weighted by molar-refractivity contribution is 7.89. The molecule has 2 aromatic carbocycles. The number of hydrogen-bond donors (Lipinski definition) is 1. The first-order valence-corrected chi connectivity index (χ1v) is 11.6. The van der Waals surface area contributed by atoms with Crippen molar-refractivity contribution in [1.29, 1.82) is 0 Å². The first-order valence-electron chi connectivity index (χ1n) is 9.76. The molecular weight excluding hydrogens is 456 g/mol. The third-order valence-corrected chi connectivity index (χ3v) is 7.18. The summed E-state index contributed by atoms with van der Waals surface area (Å²) >= 11 is 6.09. The minimum absolute atomic E-state index is 0.196. The maximum atomic E-state index is 12.7. The van der Waals surface area contributed by atoms with Gasteiger partial charge in [0.1, 0.15) is 17.8 Å². The second kappa shape index (κ2) is 9.29. The van der Waals surface area contributed by atoms with Gasteiger partial charge in [-0.05, 0) is 42.5 Å². The molecule has 0 unspecified atom stereocenters. The quantitative estimate of drug-likeness (QED) is 0.587. The monoisotopic (exact) mass is 476 g/mol. The Labute approximate surface area is 190 Å². The lowest BCUT2D eigenvalue weighted by Gasteiger charge is -2.26. The Morgan fingerprint density at radius 1 is 1.16 bits per heavy atom. The number of carbonyl (C=O) groups is 1. The van der Waals surface area contributed by atoms with E-state index in [1.165, 1.54) is 17.7 Å². The molecule has 0 aliphatic carbocycles. The molecule has 2 heterocycles. The van der Waals surface area contributed by atoms with E-state index in [2.05, 4.69) is 10.3 Å². The number of amides is 1. The molecule has 0 radical (unpaired) electrons. The Morgan fingerprint density at radius 3 is 2.53 bits per heavy atom. The molecule has 1 aliphatic rings.